The molecule has 0 saturated carbocycles. The molecule has 0 aliphatic heterocycles. The van der Waals surface area contributed by atoms with E-state index in [2.05, 4.69) is 5.32 Å². The average molecular weight is 326 g/mol. The third kappa shape index (κ3) is 5.28. The molecule has 4 nitrogen and oxygen atoms in total. The molecule has 0 fully saturated rings. The van der Waals surface area contributed by atoms with E-state index in [0.29, 0.717) is 0 Å². The molecule has 0 aliphatic carbocycles. The highest BCUT2D eigenvalue weighted by Gasteiger charge is 2.22. The first-order valence-corrected chi connectivity index (χ1v) is 8.22. The Hall–Kier alpha value is -0.330. The lowest BCUT2D eigenvalue weighted by atomic mass is 10.3. The van der Waals surface area contributed by atoms with Crippen LogP contribution in [0.1, 0.15) is 13.8 Å². The van der Waals surface area contributed by atoms with E-state index < -0.39 is 21.7 Å². The molecule has 0 bridgehead atoms. The Bertz CT molecular complexity index is 532. The Morgan fingerprint density at radius 3 is 2.53 bits per heavy atom. The number of hydrogen-bond donors (Lipinski definition) is 2. The van der Waals surface area contributed by atoms with Gasteiger partial charge in [0.1, 0.15) is 0 Å². The number of hydrogen-bond acceptors (Lipinski definition) is 4. The van der Waals surface area contributed by atoms with Crippen LogP contribution in [0.15, 0.2) is 23.1 Å². The van der Waals surface area contributed by atoms with Gasteiger partial charge in [-0.05, 0) is 18.2 Å². The van der Waals surface area contributed by atoms with Crippen molar-refractivity contribution < 1.29 is 13.5 Å². The Labute approximate surface area is 123 Å². The van der Waals surface area contributed by atoms with Crippen LogP contribution < -0.4 is 5.32 Å². The average Bonchev–Trinajstić information content (AvgIpc) is 2.29. The van der Waals surface area contributed by atoms with E-state index >= 15 is 0 Å². The summed E-state index contributed by atoms with van der Waals surface area (Å²) in [5.41, 5.74) is 0. The van der Waals surface area contributed by atoms with Crippen molar-refractivity contribution in [2.24, 2.45) is 0 Å². The lowest BCUT2D eigenvalue weighted by molar-refractivity contribution is 0.190. The van der Waals surface area contributed by atoms with Gasteiger partial charge in [0.2, 0.25) is 0 Å². The Kier molecular flexibility index (Phi) is 6.08. The summed E-state index contributed by atoms with van der Waals surface area (Å²) in [6, 6.07) is 4.41. The van der Waals surface area contributed by atoms with Crippen LogP contribution >= 0.6 is 23.2 Å². The zero-order valence-corrected chi connectivity index (χ0v) is 13.1. The first-order chi connectivity index (χ1) is 8.72. The number of benzene rings is 1. The molecule has 19 heavy (non-hydrogen) atoms. The monoisotopic (exact) mass is 325 g/mol. The molecule has 0 saturated heterocycles. The van der Waals surface area contributed by atoms with Crippen molar-refractivity contribution in [3.63, 3.8) is 0 Å². The number of sulfone groups is 1. The molecule has 0 radical (unpaired) electrons. The smallest absolute Gasteiger partial charge is 0.182 e. The molecular formula is C12H17Cl2NO3S. The summed E-state index contributed by atoms with van der Waals surface area (Å²) in [4.78, 5) is -0.0507. The molecular weight excluding hydrogens is 309 g/mol. The summed E-state index contributed by atoms with van der Waals surface area (Å²) >= 11 is 11.6. The molecule has 0 aliphatic rings. The number of aliphatic hydroxyl groups excluding tert-OH is 1. The lowest BCUT2D eigenvalue weighted by Crippen LogP contribution is -2.35. The minimum absolute atomic E-state index is 0.0507. The fraction of sp³-hybridized carbons (Fsp3) is 0.500. The molecule has 0 heterocycles. The number of aliphatic hydroxyl groups is 1. The van der Waals surface area contributed by atoms with Gasteiger partial charge in [0.25, 0.3) is 0 Å². The molecule has 1 rings (SSSR count). The van der Waals surface area contributed by atoms with E-state index in [0.717, 1.165) is 0 Å². The van der Waals surface area contributed by atoms with E-state index in [4.69, 9.17) is 23.2 Å². The van der Waals surface area contributed by atoms with Gasteiger partial charge in [0, 0.05) is 17.6 Å². The predicted octanol–water partition coefficient (Wildman–Crippen LogP) is 2.13. The van der Waals surface area contributed by atoms with Crippen LogP contribution in [0, 0.1) is 0 Å². The van der Waals surface area contributed by atoms with Crippen LogP contribution in [0.2, 0.25) is 10.0 Å². The standard InChI is InChI=1S/C12H17Cl2NO3S/c1-8(2)15-6-10(16)7-19(17,18)12-5-9(13)3-4-11(12)14/h3-5,8,10,15-16H,6-7H2,1-2H3. The van der Waals surface area contributed by atoms with Crippen molar-refractivity contribution in [1.29, 1.82) is 0 Å². The summed E-state index contributed by atoms with van der Waals surface area (Å²) in [7, 11) is -3.67. The molecule has 2 N–H and O–H groups in total. The van der Waals surface area contributed by atoms with Gasteiger partial charge in [-0.2, -0.15) is 0 Å². The van der Waals surface area contributed by atoms with E-state index in [1.54, 1.807) is 0 Å². The van der Waals surface area contributed by atoms with Crippen molar-refractivity contribution >= 4 is 33.0 Å². The second kappa shape index (κ2) is 6.90. The fourth-order valence-corrected chi connectivity index (χ4v) is 3.67. The molecule has 108 valence electrons. The van der Waals surface area contributed by atoms with Gasteiger partial charge < -0.3 is 10.4 Å². The molecule has 0 amide bonds. The minimum atomic E-state index is -3.67. The maximum atomic E-state index is 12.1. The second-order valence-electron chi connectivity index (χ2n) is 4.57. The molecule has 0 aromatic heterocycles. The molecule has 1 atom stereocenters. The van der Waals surface area contributed by atoms with Crippen molar-refractivity contribution in [3.05, 3.63) is 28.2 Å². The van der Waals surface area contributed by atoms with Crippen LogP contribution in [-0.2, 0) is 9.84 Å². The Balaban J connectivity index is 2.83. The lowest BCUT2D eigenvalue weighted by Gasteiger charge is -2.15. The largest absolute Gasteiger partial charge is 0.391 e. The second-order valence-corrected chi connectivity index (χ2v) is 7.42. The van der Waals surface area contributed by atoms with Crippen LogP contribution in [0.4, 0.5) is 0 Å². The quantitative estimate of drug-likeness (QED) is 0.840. The summed E-state index contributed by atoms with van der Waals surface area (Å²) in [6.07, 6.45) is -0.998. The maximum absolute atomic E-state index is 12.1. The van der Waals surface area contributed by atoms with Crippen LogP contribution in [0.3, 0.4) is 0 Å². The number of nitrogens with one attached hydrogen (secondary N) is 1. The molecule has 7 heteroatoms. The molecule has 1 aromatic rings. The van der Waals surface area contributed by atoms with Crippen molar-refractivity contribution in [2.75, 3.05) is 12.3 Å². The summed E-state index contributed by atoms with van der Waals surface area (Å²) in [5.74, 6) is -0.396. The summed E-state index contributed by atoms with van der Waals surface area (Å²) in [5, 5.41) is 13.1. The van der Waals surface area contributed by atoms with E-state index in [9.17, 15) is 13.5 Å². The number of halogens is 2. The summed E-state index contributed by atoms with van der Waals surface area (Å²) in [6.45, 7) is 4.03. The predicted molar refractivity (Wildman–Crippen MR) is 77.7 cm³/mol. The first-order valence-electron chi connectivity index (χ1n) is 5.81. The SMILES string of the molecule is CC(C)NCC(O)CS(=O)(=O)c1cc(Cl)ccc1Cl. The molecule has 1 aromatic carbocycles. The zero-order chi connectivity index (χ0) is 14.6. The van der Waals surface area contributed by atoms with Gasteiger partial charge in [0.05, 0.1) is 21.8 Å². The van der Waals surface area contributed by atoms with E-state index in [1.807, 2.05) is 13.8 Å². The maximum Gasteiger partial charge on any atom is 0.182 e. The highest BCUT2D eigenvalue weighted by atomic mass is 35.5. The highest BCUT2D eigenvalue weighted by Crippen LogP contribution is 2.26. The topological polar surface area (TPSA) is 66.4 Å². The van der Waals surface area contributed by atoms with Gasteiger partial charge in [-0.3, -0.25) is 0 Å². The van der Waals surface area contributed by atoms with Crippen molar-refractivity contribution in [2.45, 2.75) is 30.9 Å². The van der Waals surface area contributed by atoms with Gasteiger partial charge in [-0.15, -0.1) is 0 Å². The fourth-order valence-electron chi connectivity index (χ4n) is 1.49. The van der Waals surface area contributed by atoms with Crippen LogP contribution in [-0.4, -0.2) is 38.0 Å². The highest BCUT2D eigenvalue weighted by molar-refractivity contribution is 7.91. The van der Waals surface area contributed by atoms with Gasteiger partial charge in [-0.25, -0.2) is 8.42 Å². The van der Waals surface area contributed by atoms with Gasteiger partial charge in [0.15, 0.2) is 9.84 Å². The zero-order valence-electron chi connectivity index (χ0n) is 10.7. The van der Waals surface area contributed by atoms with Gasteiger partial charge >= 0.3 is 0 Å². The van der Waals surface area contributed by atoms with E-state index in [-0.39, 0.29) is 27.5 Å². The van der Waals surface area contributed by atoms with Gasteiger partial charge in [-0.1, -0.05) is 37.0 Å². The Morgan fingerprint density at radius 1 is 1.32 bits per heavy atom. The van der Waals surface area contributed by atoms with Crippen molar-refractivity contribution in [3.8, 4) is 0 Å². The third-order valence-corrected chi connectivity index (χ3v) is 4.91. The van der Waals surface area contributed by atoms with Crippen molar-refractivity contribution in [1.82, 2.24) is 5.32 Å². The minimum Gasteiger partial charge on any atom is -0.391 e. The number of rotatable bonds is 6. The van der Waals surface area contributed by atoms with Crippen LogP contribution in [0.25, 0.3) is 0 Å². The first kappa shape index (κ1) is 16.7. The molecule has 1 unspecified atom stereocenters. The summed E-state index contributed by atoms with van der Waals surface area (Å²) < 4.78 is 24.3. The third-order valence-electron chi connectivity index (χ3n) is 2.40. The van der Waals surface area contributed by atoms with Crippen LogP contribution in [0.5, 0.6) is 0 Å². The van der Waals surface area contributed by atoms with E-state index in [1.165, 1.54) is 18.2 Å². The Morgan fingerprint density at radius 2 is 1.95 bits per heavy atom. The molecule has 0 spiro atoms. The normalized spacial score (nSPS) is 13.8.